The Morgan fingerprint density at radius 1 is 0.828 bits per heavy atom. The van der Waals surface area contributed by atoms with E-state index in [0.29, 0.717) is 31.1 Å². The van der Waals surface area contributed by atoms with E-state index in [1.807, 2.05) is 24.3 Å². The van der Waals surface area contributed by atoms with Crippen molar-refractivity contribution >= 4 is 10.0 Å². The van der Waals surface area contributed by atoms with Gasteiger partial charge in [0.2, 0.25) is 10.0 Å². The van der Waals surface area contributed by atoms with E-state index in [0.717, 1.165) is 25.3 Å². The second-order valence-electron chi connectivity index (χ2n) is 6.90. The number of sulfonamides is 1. The van der Waals surface area contributed by atoms with Crippen molar-refractivity contribution in [3.05, 3.63) is 48.0 Å². The molecule has 0 saturated carbocycles. The topological polar surface area (TPSA) is 68.3 Å². The van der Waals surface area contributed by atoms with Crippen molar-refractivity contribution in [2.75, 3.05) is 47.5 Å². The van der Waals surface area contributed by atoms with Crippen molar-refractivity contribution in [2.45, 2.75) is 17.9 Å². The molecule has 1 saturated heterocycles. The van der Waals surface area contributed by atoms with Crippen molar-refractivity contribution in [1.82, 2.24) is 9.21 Å². The summed E-state index contributed by atoms with van der Waals surface area (Å²) in [6.07, 6.45) is 0.780. The first-order valence-electron chi connectivity index (χ1n) is 9.55. The number of benzene rings is 2. The Labute approximate surface area is 172 Å². The molecule has 0 atom stereocenters. The average molecular weight is 421 g/mol. The second kappa shape index (κ2) is 9.47. The molecule has 0 aliphatic carbocycles. The molecule has 0 aromatic heterocycles. The predicted octanol–water partition coefficient (Wildman–Crippen LogP) is 2.61. The fourth-order valence-corrected chi connectivity index (χ4v) is 4.95. The third-order valence-electron chi connectivity index (χ3n) is 5.11. The van der Waals surface area contributed by atoms with E-state index < -0.39 is 10.0 Å². The van der Waals surface area contributed by atoms with Gasteiger partial charge >= 0.3 is 0 Å². The van der Waals surface area contributed by atoms with Gasteiger partial charge in [0.05, 0.1) is 26.2 Å². The van der Waals surface area contributed by atoms with Gasteiger partial charge in [0, 0.05) is 32.2 Å². The normalized spacial score (nSPS) is 16.2. The number of nitrogens with zero attached hydrogens (tertiary/aromatic N) is 2. The molecule has 1 heterocycles. The largest absolute Gasteiger partial charge is 0.497 e. The average Bonchev–Trinajstić information content (AvgIpc) is 2.99. The fourth-order valence-electron chi connectivity index (χ4n) is 3.46. The molecule has 7 nitrogen and oxygen atoms in total. The summed E-state index contributed by atoms with van der Waals surface area (Å²) in [6.45, 7) is 3.26. The molecule has 3 rings (SSSR count). The first-order valence-corrected chi connectivity index (χ1v) is 11.0. The standard InChI is InChI=1S/C21H28N2O5S/c1-26-18-7-5-17(6-8-18)16-22-11-4-12-23(14-13-22)29(24,25)19-9-10-20(27-2)21(15-19)28-3/h5-10,15H,4,11-14,16H2,1-3H3. The summed E-state index contributed by atoms with van der Waals surface area (Å²) in [5, 5.41) is 0. The number of ether oxygens (including phenoxy) is 3. The van der Waals surface area contributed by atoms with Crippen LogP contribution in [0.5, 0.6) is 17.2 Å². The molecule has 1 aliphatic heterocycles. The molecular weight excluding hydrogens is 392 g/mol. The predicted molar refractivity (Wildman–Crippen MR) is 111 cm³/mol. The molecule has 0 radical (unpaired) electrons. The summed E-state index contributed by atoms with van der Waals surface area (Å²) >= 11 is 0. The number of hydrogen-bond donors (Lipinski definition) is 0. The minimum Gasteiger partial charge on any atom is -0.497 e. The van der Waals surface area contributed by atoms with Gasteiger partial charge in [-0.25, -0.2) is 8.42 Å². The van der Waals surface area contributed by atoms with Crippen LogP contribution in [0.15, 0.2) is 47.4 Å². The highest BCUT2D eigenvalue weighted by atomic mass is 32.2. The zero-order valence-corrected chi connectivity index (χ0v) is 17.9. The molecule has 0 spiro atoms. The lowest BCUT2D eigenvalue weighted by Crippen LogP contribution is -2.35. The van der Waals surface area contributed by atoms with Crippen molar-refractivity contribution in [2.24, 2.45) is 0 Å². The lowest BCUT2D eigenvalue weighted by molar-refractivity contribution is 0.278. The van der Waals surface area contributed by atoms with Gasteiger partial charge in [-0.3, -0.25) is 4.90 Å². The molecule has 0 unspecified atom stereocenters. The summed E-state index contributed by atoms with van der Waals surface area (Å²) in [4.78, 5) is 2.50. The maximum atomic E-state index is 13.1. The Morgan fingerprint density at radius 3 is 2.21 bits per heavy atom. The molecule has 1 aliphatic rings. The lowest BCUT2D eigenvalue weighted by Gasteiger charge is -2.22. The first-order chi connectivity index (χ1) is 14.0. The highest BCUT2D eigenvalue weighted by molar-refractivity contribution is 7.89. The zero-order chi connectivity index (χ0) is 20.9. The van der Waals surface area contributed by atoms with Gasteiger partial charge in [-0.05, 0) is 42.8 Å². The smallest absolute Gasteiger partial charge is 0.243 e. The molecule has 0 N–H and O–H groups in total. The van der Waals surface area contributed by atoms with E-state index in [2.05, 4.69) is 4.90 Å². The van der Waals surface area contributed by atoms with Crippen LogP contribution in [0.1, 0.15) is 12.0 Å². The molecule has 0 bridgehead atoms. The van der Waals surface area contributed by atoms with Gasteiger partial charge in [-0.15, -0.1) is 0 Å². The van der Waals surface area contributed by atoms with Crippen LogP contribution in [0.2, 0.25) is 0 Å². The number of rotatable bonds is 7. The van der Waals surface area contributed by atoms with E-state index in [9.17, 15) is 8.42 Å². The Kier molecular flexibility index (Phi) is 7.00. The van der Waals surface area contributed by atoms with Crippen molar-refractivity contribution in [3.63, 3.8) is 0 Å². The van der Waals surface area contributed by atoms with Crippen LogP contribution in [0, 0.1) is 0 Å². The summed E-state index contributed by atoms with van der Waals surface area (Å²) in [6, 6.07) is 12.7. The minimum atomic E-state index is -3.59. The van der Waals surface area contributed by atoms with Crippen molar-refractivity contribution < 1.29 is 22.6 Å². The van der Waals surface area contributed by atoms with Gasteiger partial charge in [-0.1, -0.05) is 12.1 Å². The van der Waals surface area contributed by atoms with Crippen molar-refractivity contribution in [1.29, 1.82) is 0 Å². The van der Waals surface area contributed by atoms with E-state index >= 15 is 0 Å². The SMILES string of the molecule is COc1ccc(CN2CCCN(S(=O)(=O)c3ccc(OC)c(OC)c3)CC2)cc1. The Bertz CT molecular complexity index is 915. The van der Waals surface area contributed by atoms with Gasteiger partial charge in [0.1, 0.15) is 5.75 Å². The summed E-state index contributed by atoms with van der Waals surface area (Å²) in [5.41, 5.74) is 1.18. The second-order valence-corrected chi connectivity index (χ2v) is 8.84. The van der Waals surface area contributed by atoms with E-state index in [1.165, 1.54) is 25.8 Å². The monoisotopic (exact) mass is 420 g/mol. The van der Waals surface area contributed by atoms with Gasteiger partial charge in [0.25, 0.3) is 0 Å². The molecule has 2 aromatic carbocycles. The minimum absolute atomic E-state index is 0.221. The molecule has 29 heavy (non-hydrogen) atoms. The highest BCUT2D eigenvalue weighted by Crippen LogP contribution is 2.31. The Balaban J connectivity index is 1.69. The number of hydrogen-bond acceptors (Lipinski definition) is 6. The Hall–Kier alpha value is -2.29. The lowest BCUT2D eigenvalue weighted by atomic mass is 10.2. The van der Waals surface area contributed by atoms with Crippen LogP contribution in [0.25, 0.3) is 0 Å². The molecule has 1 fully saturated rings. The number of methoxy groups -OCH3 is 3. The van der Waals surface area contributed by atoms with Crippen LogP contribution in [0.4, 0.5) is 0 Å². The van der Waals surface area contributed by atoms with Gasteiger partial charge in [0.15, 0.2) is 11.5 Å². The van der Waals surface area contributed by atoms with Gasteiger partial charge < -0.3 is 14.2 Å². The molecule has 0 amide bonds. The van der Waals surface area contributed by atoms with Crippen LogP contribution in [0.3, 0.4) is 0 Å². The molecular formula is C21H28N2O5S. The van der Waals surface area contributed by atoms with Crippen LogP contribution < -0.4 is 14.2 Å². The van der Waals surface area contributed by atoms with E-state index in [-0.39, 0.29) is 4.90 Å². The van der Waals surface area contributed by atoms with E-state index in [1.54, 1.807) is 23.5 Å². The Morgan fingerprint density at radius 2 is 1.55 bits per heavy atom. The third-order valence-corrected chi connectivity index (χ3v) is 7.00. The maximum Gasteiger partial charge on any atom is 0.243 e. The first kappa shape index (κ1) is 21.4. The molecule has 8 heteroatoms. The van der Waals surface area contributed by atoms with E-state index in [4.69, 9.17) is 14.2 Å². The van der Waals surface area contributed by atoms with Crippen LogP contribution >= 0.6 is 0 Å². The van der Waals surface area contributed by atoms with Gasteiger partial charge in [-0.2, -0.15) is 4.31 Å². The molecule has 158 valence electrons. The molecule has 2 aromatic rings. The summed E-state index contributed by atoms with van der Waals surface area (Å²) in [7, 11) is 1.08. The summed E-state index contributed by atoms with van der Waals surface area (Å²) < 4.78 is 43.5. The summed E-state index contributed by atoms with van der Waals surface area (Å²) in [5.74, 6) is 1.74. The third kappa shape index (κ3) is 5.01. The highest BCUT2D eigenvalue weighted by Gasteiger charge is 2.28. The zero-order valence-electron chi connectivity index (χ0n) is 17.1. The van der Waals surface area contributed by atoms with Crippen LogP contribution in [-0.2, 0) is 16.6 Å². The van der Waals surface area contributed by atoms with Crippen LogP contribution in [-0.4, -0.2) is 65.1 Å². The quantitative estimate of drug-likeness (QED) is 0.686. The van der Waals surface area contributed by atoms with Crippen molar-refractivity contribution in [3.8, 4) is 17.2 Å². The fraction of sp³-hybridized carbons (Fsp3) is 0.429. The maximum absolute atomic E-state index is 13.1.